The van der Waals surface area contributed by atoms with Crippen LogP contribution >= 0.6 is 0 Å². The number of rotatable bonds is 6. The summed E-state index contributed by atoms with van der Waals surface area (Å²) in [4.78, 5) is 24.3. The fraction of sp³-hybridized carbons (Fsp3) is 0.286. The average Bonchev–Trinajstić information content (AvgIpc) is 2.39. The van der Waals surface area contributed by atoms with Gasteiger partial charge in [0.1, 0.15) is 6.04 Å². The minimum absolute atomic E-state index is 0.254. The van der Waals surface area contributed by atoms with Crippen molar-refractivity contribution in [3.05, 3.63) is 48.6 Å². The van der Waals surface area contributed by atoms with Gasteiger partial charge in [-0.1, -0.05) is 36.4 Å². The third-order valence-corrected chi connectivity index (χ3v) is 2.63. The predicted molar refractivity (Wildman–Crippen MR) is 72.9 cm³/mol. The van der Waals surface area contributed by atoms with Gasteiger partial charge in [0.25, 0.3) is 0 Å². The number of aliphatic carboxylic acids is 1. The number of urea groups is 1. The molecule has 0 saturated carbocycles. The zero-order valence-electron chi connectivity index (χ0n) is 10.9. The molecule has 0 aliphatic carbocycles. The molecule has 1 aromatic carbocycles. The highest BCUT2D eigenvalue weighted by Gasteiger charge is 2.21. The average molecular weight is 262 g/mol. The number of carboxylic acid groups (broad SMARTS) is 1. The van der Waals surface area contributed by atoms with E-state index in [4.69, 9.17) is 5.11 Å². The minimum Gasteiger partial charge on any atom is -0.480 e. The second-order valence-electron chi connectivity index (χ2n) is 4.20. The molecule has 5 nitrogen and oxygen atoms in total. The standard InChI is InChI=1S/C14H18N2O3/c1-3-9-16(2)14(19)15-12(13(17)18)10-11-7-5-4-6-8-11/h3-8,12H,1,9-10H2,2H3,(H,15,19)(H,17,18)/t12-/m1/s1. The number of nitrogens with zero attached hydrogens (tertiary/aromatic N) is 1. The van der Waals surface area contributed by atoms with E-state index in [-0.39, 0.29) is 6.42 Å². The van der Waals surface area contributed by atoms with Crippen molar-refractivity contribution in [1.82, 2.24) is 10.2 Å². The highest BCUT2D eigenvalue weighted by molar-refractivity contribution is 5.82. The third-order valence-electron chi connectivity index (χ3n) is 2.63. The lowest BCUT2D eigenvalue weighted by Crippen LogP contribution is -2.47. The summed E-state index contributed by atoms with van der Waals surface area (Å²) in [7, 11) is 1.58. The first-order valence-corrected chi connectivity index (χ1v) is 5.94. The maximum atomic E-state index is 11.7. The fourth-order valence-corrected chi connectivity index (χ4v) is 1.59. The molecule has 1 atom stereocenters. The van der Waals surface area contributed by atoms with Crippen LogP contribution in [0.25, 0.3) is 0 Å². The Hall–Kier alpha value is -2.30. The summed E-state index contributed by atoms with van der Waals surface area (Å²) in [5.41, 5.74) is 0.863. The topological polar surface area (TPSA) is 69.6 Å². The Balaban J connectivity index is 2.66. The lowest BCUT2D eigenvalue weighted by Gasteiger charge is -2.20. The molecule has 0 heterocycles. The summed E-state index contributed by atoms with van der Waals surface area (Å²) in [5, 5.41) is 11.6. The van der Waals surface area contributed by atoms with Crippen molar-refractivity contribution >= 4 is 12.0 Å². The molecule has 102 valence electrons. The third kappa shape index (κ3) is 4.83. The molecule has 19 heavy (non-hydrogen) atoms. The smallest absolute Gasteiger partial charge is 0.326 e. The van der Waals surface area contributed by atoms with Crippen molar-refractivity contribution in [2.24, 2.45) is 0 Å². The van der Waals surface area contributed by atoms with Crippen LogP contribution in [0.1, 0.15) is 5.56 Å². The van der Waals surface area contributed by atoms with Gasteiger partial charge in [-0.2, -0.15) is 0 Å². The van der Waals surface area contributed by atoms with Gasteiger partial charge in [0, 0.05) is 20.0 Å². The Labute approximate surface area is 112 Å². The van der Waals surface area contributed by atoms with E-state index in [1.54, 1.807) is 13.1 Å². The van der Waals surface area contributed by atoms with Gasteiger partial charge in [-0.15, -0.1) is 6.58 Å². The summed E-state index contributed by atoms with van der Waals surface area (Å²) in [6.07, 6.45) is 1.83. The molecule has 0 aliphatic rings. The van der Waals surface area contributed by atoms with Crippen LogP contribution in [0.5, 0.6) is 0 Å². The van der Waals surface area contributed by atoms with Gasteiger partial charge in [0.05, 0.1) is 0 Å². The number of likely N-dealkylation sites (N-methyl/N-ethyl adjacent to an activating group) is 1. The van der Waals surface area contributed by atoms with Gasteiger partial charge < -0.3 is 15.3 Å². The molecule has 0 spiro atoms. The quantitative estimate of drug-likeness (QED) is 0.763. The molecule has 5 heteroatoms. The molecule has 0 unspecified atom stereocenters. The van der Waals surface area contributed by atoms with Gasteiger partial charge in [-0.05, 0) is 5.56 Å². The maximum absolute atomic E-state index is 11.7. The van der Waals surface area contributed by atoms with E-state index < -0.39 is 18.0 Å². The monoisotopic (exact) mass is 262 g/mol. The van der Waals surface area contributed by atoms with Crippen molar-refractivity contribution in [3.8, 4) is 0 Å². The molecule has 2 N–H and O–H groups in total. The molecule has 0 fully saturated rings. The van der Waals surface area contributed by atoms with Crippen LogP contribution in [-0.4, -0.2) is 41.6 Å². The molecule has 1 aromatic rings. The maximum Gasteiger partial charge on any atom is 0.326 e. The van der Waals surface area contributed by atoms with Crippen LogP contribution in [0, 0.1) is 0 Å². The Morgan fingerprint density at radius 2 is 2.05 bits per heavy atom. The summed E-state index contributed by atoms with van der Waals surface area (Å²) < 4.78 is 0. The molecule has 0 radical (unpaired) electrons. The summed E-state index contributed by atoms with van der Waals surface area (Å²) in [5.74, 6) is -1.05. The van der Waals surface area contributed by atoms with Crippen LogP contribution in [-0.2, 0) is 11.2 Å². The first kappa shape index (κ1) is 14.8. The van der Waals surface area contributed by atoms with Gasteiger partial charge in [0.15, 0.2) is 0 Å². The van der Waals surface area contributed by atoms with Gasteiger partial charge >= 0.3 is 12.0 Å². The fourth-order valence-electron chi connectivity index (χ4n) is 1.59. The number of hydrogen-bond acceptors (Lipinski definition) is 2. The zero-order chi connectivity index (χ0) is 14.3. The van der Waals surface area contributed by atoms with E-state index >= 15 is 0 Å². The molecule has 0 saturated heterocycles. The predicted octanol–water partition coefficient (Wildman–Crippen LogP) is 1.51. The van der Waals surface area contributed by atoms with Gasteiger partial charge in [-0.3, -0.25) is 0 Å². The second-order valence-corrected chi connectivity index (χ2v) is 4.20. The van der Waals surface area contributed by atoms with Crippen LogP contribution in [0.3, 0.4) is 0 Å². The summed E-state index contributed by atoms with van der Waals surface area (Å²) in [6, 6.07) is 7.81. The van der Waals surface area contributed by atoms with E-state index in [9.17, 15) is 9.59 Å². The van der Waals surface area contributed by atoms with E-state index in [0.29, 0.717) is 6.54 Å². The molecule has 0 bridgehead atoms. The number of benzene rings is 1. The van der Waals surface area contributed by atoms with E-state index in [1.165, 1.54) is 4.90 Å². The zero-order valence-corrected chi connectivity index (χ0v) is 10.9. The van der Waals surface area contributed by atoms with E-state index in [0.717, 1.165) is 5.56 Å². The minimum atomic E-state index is -1.05. The Kier molecular flexibility index (Phi) is 5.60. The van der Waals surface area contributed by atoms with Gasteiger partial charge in [-0.25, -0.2) is 9.59 Å². The van der Waals surface area contributed by atoms with E-state index in [1.807, 2.05) is 30.3 Å². The summed E-state index contributed by atoms with van der Waals surface area (Å²) >= 11 is 0. The Bertz CT molecular complexity index is 445. The van der Waals surface area contributed by atoms with Crippen LogP contribution in [0.2, 0.25) is 0 Å². The highest BCUT2D eigenvalue weighted by atomic mass is 16.4. The molecule has 0 aliphatic heterocycles. The normalized spacial score (nSPS) is 11.4. The number of amides is 2. The SMILES string of the molecule is C=CCN(C)C(=O)N[C@H](Cc1ccccc1)C(=O)O. The highest BCUT2D eigenvalue weighted by Crippen LogP contribution is 2.04. The van der Waals surface area contributed by atoms with E-state index in [2.05, 4.69) is 11.9 Å². The number of nitrogens with one attached hydrogen (secondary N) is 1. The van der Waals surface area contributed by atoms with Crippen LogP contribution < -0.4 is 5.32 Å². The molecule has 1 rings (SSSR count). The number of carboxylic acids is 1. The largest absolute Gasteiger partial charge is 0.480 e. The number of hydrogen-bond donors (Lipinski definition) is 2. The lowest BCUT2D eigenvalue weighted by atomic mass is 10.1. The molecule has 0 aromatic heterocycles. The first-order valence-electron chi connectivity index (χ1n) is 5.94. The Morgan fingerprint density at radius 3 is 2.58 bits per heavy atom. The first-order chi connectivity index (χ1) is 9.04. The Morgan fingerprint density at radius 1 is 1.42 bits per heavy atom. The van der Waals surface area contributed by atoms with Crippen LogP contribution in [0.15, 0.2) is 43.0 Å². The molecule has 2 amide bonds. The van der Waals surface area contributed by atoms with Crippen molar-refractivity contribution in [2.45, 2.75) is 12.5 Å². The summed E-state index contributed by atoms with van der Waals surface area (Å²) in [6.45, 7) is 3.89. The number of carbonyl (C=O) groups is 2. The van der Waals surface area contributed by atoms with Crippen LogP contribution in [0.4, 0.5) is 4.79 Å². The van der Waals surface area contributed by atoms with Crippen molar-refractivity contribution in [2.75, 3.05) is 13.6 Å². The van der Waals surface area contributed by atoms with Gasteiger partial charge in [0.2, 0.25) is 0 Å². The van der Waals surface area contributed by atoms with Crippen molar-refractivity contribution in [3.63, 3.8) is 0 Å². The second kappa shape index (κ2) is 7.20. The molecular weight excluding hydrogens is 244 g/mol. The molecular formula is C14H18N2O3. The van der Waals surface area contributed by atoms with Crippen molar-refractivity contribution < 1.29 is 14.7 Å². The number of carbonyl (C=O) groups excluding carboxylic acids is 1. The van der Waals surface area contributed by atoms with Crippen molar-refractivity contribution in [1.29, 1.82) is 0 Å². The lowest BCUT2D eigenvalue weighted by molar-refractivity contribution is -0.139.